The van der Waals surface area contributed by atoms with Gasteiger partial charge in [0.2, 0.25) is 0 Å². The fraction of sp³-hybridized carbons (Fsp3) is 0.143. The molecule has 0 radical (unpaired) electrons. The van der Waals surface area contributed by atoms with Crippen molar-refractivity contribution in [3.63, 3.8) is 0 Å². The summed E-state index contributed by atoms with van der Waals surface area (Å²) in [5.74, 6) is 0.461. The molecule has 2 aromatic rings. The van der Waals surface area contributed by atoms with Crippen molar-refractivity contribution in [3.05, 3.63) is 58.6 Å². The standard InChI is InChI=1S/C14H14BClO3/c1-19-14-11(7-10-5-3-2-4-6-10)8-12(16)9-13(14)15(17)18/h2-6,8-9,17-18H,7H2,1H3. The van der Waals surface area contributed by atoms with E-state index in [0.717, 1.165) is 11.1 Å². The molecule has 0 saturated carbocycles. The minimum atomic E-state index is -1.61. The van der Waals surface area contributed by atoms with E-state index < -0.39 is 7.12 Å². The predicted octanol–water partition coefficient (Wildman–Crippen LogP) is 1.62. The van der Waals surface area contributed by atoms with Gasteiger partial charge in [-0.1, -0.05) is 41.9 Å². The minimum absolute atomic E-state index is 0.279. The van der Waals surface area contributed by atoms with E-state index in [1.54, 1.807) is 6.07 Å². The van der Waals surface area contributed by atoms with E-state index in [-0.39, 0.29) is 5.46 Å². The summed E-state index contributed by atoms with van der Waals surface area (Å²) in [7, 11) is -0.105. The Bertz CT molecular complexity index is 558. The van der Waals surface area contributed by atoms with Gasteiger partial charge in [-0.25, -0.2) is 0 Å². The van der Waals surface area contributed by atoms with Crippen molar-refractivity contribution in [3.8, 4) is 5.75 Å². The number of hydrogen-bond acceptors (Lipinski definition) is 3. The third-order valence-corrected chi connectivity index (χ3v) is 3.10. The smallest absolute Gasteiger partial charge is 0.492 e. The maximum Gasteiger partial charge on any atom is 0.492 e. The lowest BCUT2D eigenvalue weighted by molar-refractivity contribution is 0.400. The summed E-state index contributed by atoms with van der Waals surface area (Å²) in [4.78, 5) is 0. The monoisotopic (exact) mass is 276 g/mol. The number of halogens is 1. The molecule has 2 N–H and O–H groups in total. The second-order valence-electron chi connectivity index (χ2n) is 4.22. The zero-order valence-electron chi connectivity index (χ0n) is 10.5. The van der Waals surface area contributed by atoms with Gasteiger partial charge in [-0.2, -0.15) is 0 Å². The highest BCUT2D eigenvalue weighted by atomic mass is 35.5. The van der Waals surface area contributed by atoms with Crippen LogP contribution in [0.1, 0.15) is 11.1 Å². The van der Waals surface area contributed by atoms with Gasteiger partial charge in [-0.3, -0.25) is 0 Å². The highest BCUT2D eigenvalue weighted by Crippen LogP contribution is 2.24. The lowest BCUT2D eigenvalue weighted by Crippen LogP contribution is -2.32. The van der Waals surface area contributed by atoms with Crippen molar-refractivity contribution in [1.29, 1.82) is 0 Å². The maximum absolute atomic E-state index is 9.37. The summed E-state index contributed by atoms with van der Waals surface area (Å²) in [5, 5.41) is 19.2. The molecule has 2 aromatic carbocycles. The molecule has 19 heavy (non-hydrogen) atoms. The number of rotatable bonds is 4. The van der Waals surface area contributed by atoms with E-state index in [1.165, 1.54) is 13.2 Å². The molecule has 0 saturated heterocycles. The molecule has 0 aliphatic rings. The largest absolute Gasteiger partial charge is 0.497 e. The highest BCUT2D eigenvalue weighted by Gasteiger charge is 2.20. The lowest BCUT2D eigenvalue weighted by Gasteiger charge is -2.14. The summed E-state index contributed by atoms with van der Waals surface area (Å²) < 4.78 is 5.29. The molecule has 0 unspecified atom stereocenters. The van der Waals surface area contributed by atoms with Crippen LogP contribution in [0.5, 0.6) is 5.75 Å². The van der Waals surface area contributed by atoms with Gasteiger partial charge in [0.1, 0.15) is 5.75 Å². The number of methoxy groups -OCH3 is 1. The molecule has 5 heteroatoms. The molecule has 3 nitrogen and oxygen atoms in total. The van der Waals surface area contributed by atoms with Crippen molar-refractivity contribution in [2.24, 2.45) is 0 Å². The van der Waals surface area contributed by atoms with Gasteiger partial charge in [-0.05, 0) is 23.3 Å². The van der Waals surface area contributed by atoms with Gasteiger partial charge in [0.15, 0.2) is 0 Å². The Morgan fingerprint density at radius 1 is 1.16 bits per heavy atom. The molecule has 0 atom stereocenters. The van der Waals surface area contributed by atoms with E-state index in [2.05, 4.69) is 0 Å². The normalized spacial score (nSPS) is 10.3. The molecule has 0 aliphatic carbocycles. The Morgan fingerprint density at radius 3 is 2.42 bits per heavy atom. The van der Waals surface area contributed by atoms with Crippen LogP contribution in [0.25, 0.3) is 0 Å². The van der Waals surface area contributed by atoms with Crippen molar-refractivity contribution in [2.45, 2.75) is 6.42 Å². The van der Waals surface area contributed by atoms with Crippen LogP contribution in [-0.4, -0.2) is 24.3 Å². The third-order valence-electron chi connectivity index (χ3n) is 2.88. The fourth-order valence-electron chi connectivity index (χ4n) is 2.06. The summed E-state index contributed by atoms with van der Waals surface area (Å²) in [6, 6.07) is 13.1. The lowest BCUT2D eigenvalue weighted by atomic mass is 9.78. The van der Waals surface area contributed by atoms with Crippen LogP contribution in [0.4, 0.5) is 0 Å². The van der Waals surface area contributed by atoms with Crippen LogP contribution in [0, 0.1) is 0 Å². The van der Waals surface area contributed by atoms with E-state index in [1.807, 2.05) is 30.3 Å². The quantitative estimate of drug-likeness (QED) is 0.834. The molecule has 0 amide bonds. The summed E-state index contributed by atoms with van der Waals surface area (Å²) in [6.07, 6.45) is 0.615. The summed E-state index contributed by atoms with van der Waals surface area (Å²) in [5.41, 5.74) is 2.20. The second-order valence-corrected chi connectivity index (χ2v) is 4.66. The van der Waals surface area contributed by atoms with E-state index in [4.69, 9.17) is 16.3 Å². The van der Waals surface area contributed by atoms with Gasteiger partial charge in [0, 0.05) is 16.9 Å². The number of benzene rings is 2. The van der Waals surface area contributed by atoms with Crippen LogP contribution in [-0.2, 0) is 6.42 Å². The molecule has 0 aromatic heterocycles. The first-order valence-electron chi connectivity index (χ1n) is 5.88. The van der Waals surface area contributed by atoms with Crippen molar-refractivity contribution in [1.82, 2.24) is 0 Å². The van der Waals surface area contributed by atoms with Crippen LogP contribution < -0.4 is 10.2 Å². The second kappa shape index (κ2) is 6.11. The molecule has 2 rings (SSSR count). The van der Waals surface area contributed by atoms with Crippen molar-refractivity contribution < 1.29 is 14.8 Å². The predicted molar refractivity (Wildman–Crippen MR) is 77.1 cm³/mol. The molecule has 0 heterocycles. The van der Waals surface area contributed by atoms with Gasteiger partial charge in [-0.15, -0.1) is 0 Å². The van der Waals surface area contributed by atoms with Crippen LogP contribution >= 0.6 is 11.6 Å². The zero-order chi connectivity index (χ0) is 13.8. The first-order valence-corrected chi connectivity index (χ1v) is 6.26. The van der Waals surface area contributed by atoms with Crippen LogP contribution in [0.3, 0.4) is 0 Å². The Morgan fingerprint density at radius 2 is 1.84 bits per heavy atom. The first kappa shape index (κ1) is 13.9. The SMILES string of the molecule is COc1c(Cc2ccccc2)cc(Cl)cc1B(O)O. The molecular formula is C14H14BClO3. The van der Waals surface area contributed by atoms with Gasteiger partial charge < -0.3 is 14.8 Å². The van der Waals surface area contributed by atoms with Gasteiger partial charge in [0.25, 0.3) is 0 Å². The summed E-state index contributed by atoms with van der Waals surface area (Å²) in [6.45, 7) is 0. The van der Waals surface area contributed by atoms with E-state index >= 15 is 0 Å². The van der Waals surface area contributed by atoms with Crippen LogP contribution in [0.15, 0.2) is 42.5 Å². The Labute approximate surface area is 117 Å². The van der Waals surface area contributed by atoms with Crippen molar-refractivity contribution >= 4 is 24.2 Å². The first-order chi connectivity index (χ1) is 9.11. The topological polar surface area (TPSA) is 49.7 Å². The number of ether oxygens (including phenoxy) is 1. The highest BCUT2D eigenvalue weighted by molar-refractivity contribution is 6.60. The molecule has 0 bridgehead atoms. The molecule has 0 aliphatic heterocycles. The summed E-state index contributed by atoms with van der Waals surface area (Å²) >= 11 is 6.01. The van der Waals surface area contributed by atoms with Crippen molar-refractivity contribution in [2.75, 3.05) is 7.11 Å². The Hall–Kier alpha value is -1.49. The third kappa shape index (κ3) is 3.29. The minimum Gasteiger partial charge on any atom is -0.497 e. The number of hydrogen-bond donors (Lipinski definition) is 2. The molecule has 98 valence electrons. The molecule has 0 fully saturated rings. The molecule has 0 spiro atoms. The average Bonchev–Trinajstić information content (AvgIpc) is 2.39. The fourth-order valence-corrected chi connectivity index (χ4v) is 2.31. The Balaban J connectivity index is 2.44. The van der Waals surface area contributed by atoms with E-state index in [0.29, 0.717) is 17.2 Å². The Kier molecular flexibility index (Phi) is 4.48. The molecular weight excluding hydrogens is 262 g/mol. The van der Waals surface area contributed by atoms with Crippen LogP contribution in [0.2, 0.25) is 5.02 Å². The van der Waals surface area contributed by atoms with Gasteiger partial charge in [0.05, 0.1) is 7.11 Å². The average molecular weight is 277 g/mol. The van der Waals surface area contributed by atoms with Gasteiger partial charge >= 0.3 is 7.12 Å². The van der Waals surface area contributed by atoms with E-state index in [9.17, 15) is 10.0 Å². The zero-order valence-corrected chi connectivity index (χ0v) is 11.3. The maximum atomic E-state index is 9.37.